The molecule has 0 bridgehead atoms. The topological polar surface area (TPSA) is 153 Å². The zero-order chi connectivity index (χ0) is 35.6. The summed E-state index contributed by atoms with van der Waals surface area (Å²) in [5, 5.41) is 15.3. The van der Waals surface area contributed by atoms with Crippen molar-refractivity contribution in [3.05, 3.63) is 103 Å². The molecule has 6 heterocycles. The fourth-order valence-electron chi connectivity index (χ4n) is 5.86. The molecule has 51 heavy (non-hydrogen) atoms. The predicted octanol–water partition coefficient (Wildman–Crippen LogP) is 6.40. The first-order valence-electron chi connectivity index (χ1n) is 15.7. The van der Waals surface area contributed by atoms with Crippen molar-refractivity contribution in [1.29, 1.82) is 5.26 Å². The highest BCUT2D eigenvalue weighted by molar-refractivity contribution is 9.11. The maximum atomic E-state index is 14.3. The first-order chi connectivity index (χ1) is 24.7. The highest BCUT2D eigenvalue weighted by Crippen LogP contribution is 2.32. The number of aromatic nitrogens is 6. The third-order valence-corrected chi connectivity index (χ3v) is 9.34. The molecule has 2 aliphatic rings. The number of carbonyl (C=O) groups is 1. The molecule has 0 radical (unpaired) electrons. The number of benzene rings is 2. The van der Waals surface area contributed by atoms with Crippen LogP contribution in [0.3, 0.4) is 0 Å². The van der Waals surface area contributed by atoms with Gasteiger partial charge in [0.15, 0.2) is 22.7 Å². The highest BCUT2D eigenvalue weighted by atomic mass is 79.9. The van der Waals surface area contributed by atoms with Crippen molar-refractivity contribution in [2.45, 2.75) is 32.9 Å². The summed E-state index contributed by atoms with van der Waals surface area (Å²) in [5.41, 5.74) is 4.43. The van der Waals surface area contributed by atoms with Gasteiger partial charge in [-0.15, -0.1) is 0 Å². The lowest BCUT2D eigenvalue weighted by Crippen LogP contribution is -2.09. The number of carbonyl (C=O) groups excluding carboxylic acids is 1. The van der Waals surface area contributed by atoms with Crippen LogP contribution in [-0.4, -0.2) is 54.5 Å². The Morgan fingerprint density at radius 3 is 1.94 bits per heavy atom. The molecule has 6 aromatic rings. The van der Waals surface area contributed by atoms with Crippen LogP contribution in [0.5, 0.6) is 11.5 Å². The third kappa shape index (κ3) is 6.76. The van der Waals surface area contributed by atoms with Crippen molar-refractivity contribution in [2.75, 3.05) is 30.5 Å². The van der Waals surface area contributed by atoms with E-state index < -0.39 is 5.97 Å². The summed E-state index contributed by atoms with van der Waals surface area (Å²) in [4.78, 5) is 29.1. The van der Waals surface area contributed by atoms with Gasteiger partial charge in [-0.05, 0) is 63.0 Å². The van der Waals surface area contributed by atoms with Crippen LogP contribution in [0.1, 0.15) is 45.4 Å². The zero-order valence-electron chi connectivity index (χ0n) is 26.8. The van der Waals surface area contributed by atoms with Gasteiger partial charge in [0, 0.05) is 66.8 Å². The summed E-state index contributed by atoms with van der Waals surface area (Å²) in [5.74, 6) is 1.29. The smallest absolute Gasteiger partial charge is 0.358 e. The molecular formula is C34H27Br2F2N9O4. The minimum Gasteiger partial charge on any atom is -0.493 e. The molecule has 0 spiro atoms. The van der Waals surface area contributed by atoms with Gasteiger partial charge in [0.1, 0.15) is 29.2 Å². The van der Waals surface area contributed by atoms with E-state index in [1.807, 2.05) is 6.07 Å². The van der Waals surface area contributed by atoms with E-state index in [1.165, 1.54) is 12.1 Å². The number of halogens is 4. The van der Waals surface area contributed by atoms with Crippen molar-refractivity contribution in [1.82, 2.24) is 28.7 Å². The largest absolute Gasteiger partial charge is 0.493 e. The molecule has 2 aromatic carbocycles. The lowest BCUT2D eigenvalue weighted by molar-refractivity contribution is 0.0520. The van der Waals surface area contributed by atoms with Crippen molar-refractivity contribution < 1.29 is 27.8 Å². The van der Waals surface area contributed by atoms with E-state index >= 15 is 0 Å². The third-order valence-electron chi connectivity index (χ3n) is 8.22. The number of fused-ring (bicyclic) bond motifs is 4. The second kappa shape index (κ2) is 14.5. The summed E-state index contributed by atoms with van der Waals surface area (Å²) < 4.78 is 49.1. The molecule has 0 saturated heterocycles. The molecular weight excluding hydrogens is 796 g/mol. The maximum Gasteiger partial charge on any atom is 0.358 e. The number of nitrogens with one attached hydrogen (secondary N) is 2. The number of imidazole rings is 2. The van der Waals surface area contributed by atoms with Gasteiger partial charge in [-0.25, -0.2) is 33.5 Å². The Bertz CT molecular complexity index is 2360. The number of hydrogen-bond donors (Lipinski definition) is 2. The monoisotopic (exact) mass is 821 g/mol. The average Bonchev–Trinajstić information content (AvgIpc) is 3.95. The second-order valence-corrected chi connectivity index (χ2v) is 12.9. The predicted molar refractivity (Wildman–Crippen MR) is 188 cm³/mol. The SMILES string of the molecule is CCOC(=O)c1cn2c(NCc3c(F)ccc4c3CCO4)ncc(Br)c2n1.N#Cc1cn2c(NCc3c(F)ccc4c3CCO4)ncc(Br)c2n1. The van der Waals surface area contributed by atoms with E-state index in [2.05, 4.69) is 62.4 Å². The number of hydrogen-bond acceptors (Lipinski definition) is 11. The summed E-state index contributed by atoms with van der Waals surface area (Å²) >= 11 is 6.74. The summed E-state index contributed by atoms with van der Waals surface area (Å²) in [6, 6.07) is 8.13. The van der Waals surface area contributed by atoms with Gasteiger partial charge in [0.2, 0.25) is 11.9 Å². The van der Waals surface area contributed by atoms with E-state index in [0.717, 1.165) is 16.9 Å². The van der Waals surface area contributed by atoms with Crippen molar-refractivity contribution >= 4 is 61.0 Å². The van der Waals surface area contributed by atoms with Gasteiger partial charge in [-0.1, -0.05) is 0 Å². The number of esters is 1. The number of anilines is 2. The molecule has 0 atom stereocenters. The van der Waals surface area contributed by atoms with Crippen LogP contribution in [0.2, 0.25) is 0 Å². The first kappa shape index (κ1) is 34.1. The lowest BCUT2D eigenvalue weighted by atomic mass is 10.0. The van der Waals surface area contributed by atoms with Gasteiger partial charge in [0.25, 0.3) is 0 Å². The molecule has 0 unspecified atom stereocenters. The van der Waals surface area contributed by atoms with Crippen LogP contribution in [-0.2, 0) is 30.7 Å². The van der Waals surface area contributed by atoms with Crippen LogP contribution in [0, 0.1) is 23.0 Å². The Labute approximate surface area is 305 Å². The van der Waals surface area contributed by atoms with E-state index in [9.17, 15) is 13.6 Å². The first-order valence-corrected chi connectivity index (χ1v) is 17.3. The van der Waals surface area contributed by atoms with Crippen molar-refractivity contribution in [2.24, 2.45) is 0 Å². The minimum atomic E-state index is -0.511. The normalized spacial score (nSPS) is 12.7. The van der Waals surface area contributed by atoms with Gasteiger partial charge < -0.3 is 24.8 Å². The van der Waals surface area contributed by atoms with Gasteiger partial charge in [-0.2, -0.15) is 5.26 Å². The number of nitrogens with zero attached hydrogens (tertiary/aromatic N) is 7. The van der Waals surface area contributed by atoms with E-state index in [-0.39, 0.29) is 42.7 Å². The summed E-state index contributed by atoms with van der Waals surface area (Å²) in [6.07, 6.45) is 7.67. The molecule has 260 valence electrons. The Hall–Kier alpha value is -5.34. The molecule has 0 aliphatic carbocycles. The molecule has 0 saturated carbocycles. The highest BCUT2D eigenvalue weighted by Gasteiger charge is 2.22. The summed E-state index contributed by atoms with van der Waals surface area (Å²) in [6.45, 7) is 3.61. The molecule has 13 nitrogen and oxygen atoms in total. The fraction of sp³-hybridized carbons (Fsp3) is 0.235. The summed E-state index contributed by atoms with van der Waals surface area (Å²) in [7, 11) is 0. The zero-order valence-corrected chi connectivity index (χ0v) is 30.0. The van der Waals surface area contributed by atoms with Crippen LogP contribution in [0.15, 0.2) is 58.0 Å². The lowest BCUT2D eigenvalue weighted by Gasteiger charge is -2.12. The number of nitriles is 1. The molecule has 0 amide bonds. The van der Waals surface area contributed by atoms with Gasteiger partial charge in [-0.3, -0.25) is 8.80 Å². The van der Waals surface area contributed by atoms with Crippen molar-refractivity contribution in [3.63, 3.8) is 0 Å². The number of ether oxygens (including phenoxy) is 3. The maximum absolute atomic E-state index is 14.3. The van der Waals surface area contributed by atoms with Crippen LogP contribution in [0.4, 0.5) is 20.7 Å². The van der Waals surface area contributed by atoms with E-state index in [0.29, 0.717) is 75.1 Å². The Balaban J connectivity index is 0.000000160. The Morgan fingerprint density at radius 2 is 1.41 bits per heavy atom. The average molecular weight is 823 g/mol. The van der Waals surface area contributed by atoms with Crippen LogP contribution in [0.25, 0.3) is 11.3 Å². The molecule has 0 fully saturated rings. The minimum absolute atomic E-state index is 0.175. The van der Waals surface area contributed by atoms with E-state index in [1.54, 1.807) is 52.6 Å². The van der Waals surface area contributed by atoms with Gasteiger partial charge in [0.05, 0.1) is 35.0 Å². The molecule has 2 N–H and O–H groups in total. The molecule has 17 heteroatoms. The molecule has 8 rings (SSSR count). The van der Waals surface area contributed by atoms with Crippen LogP contribution < -0.4 is 20.1 Å². The Morgan fingerprint density at radius 1 is 0.882 bits per heavy atom. The standard InChI is InChI=1S/C18H16BrFN4O3.C16H11BrFN5O/c1-2-26-17(25)14-9-24-16(23-14)12(19)8-22-18(24)21-7-11-10-5-6-27-15(10)4-3-13(11)20;17-12-7-21-16(23-8-9(5-19)22-15(12)23)20-6-11-10-3-4-24-14(10)2-1-13(11)18/h3-4,8-9H,2,5-7H2,1H3,(H,21,22);1-2,7-8H,3-4,6H2,(H,20,21). The molecule has 4 aromatic heterocycles. The van der Waals surface area contributed by atoms with Crippen molar-refractivity contribution in [3.8, 4) is 17.6 Å². The molecule has 2 aliphatic heterocycles. The number of rotatable bonds is 8. The van der Waals surface area contributed by atoms with E-state index in [4.69, 9.17) is 19.5 Å². The fourth-order valence-corrected chi connectivity index (χ4v) is 6.63. The Kier molecular flexibility index (Phi) is 9.69. The van der Waals surface area contributed by atoms with Crippen LogP contribution >= 0.6 is 31.9 Å². The van der Waals surface area contributed by atoms with Gasteiger partial charge >= 0.3 is 5.97 Å². The quantitative estimate of drug-likeness (QED) is 0.164. The second-order valence-electron chi connectivity index (χ2n) is 11.2.